The fourth-order valence-corrected chi connectivity index (χ4v) is 2.54. The Labute approximate surface area is 114 Å². The molecule has 0 amide bonds. The largest absolute Gasteiger partial charge is 0.391 e. The van der Waals surface area contributed by atoms with Gasteiger partial charge in [0.05, 0.1) is 17.1 Å². The van der Waals surface area contributed by atoms with Crippen LogP contribution < -0.4 is 5.32 Å². The maximum absolute atomic E-state index is 13.0. The summed E-state index contributed by atoms with van der Waals surface area (Å²) in [5.74, 6) is -1.25. The van der Waals surface area contributed by atoms with Gasteiger partial charge in [0.25, 0.3) is 0 Å². The highest BCUT2D eigenvalue weighted by molar-refractivity contribution is 7.14. The minimum Gasteiger partial charge on any atom is -0.391 e. The average Bonchev–Trinajstić information content (AvgIpc) is 2.80. The summed E-state index contributed by atoms with van der Waals surface area (Å²) in [4.78, 5) is 0. The lowest BCUT2D eigenvalue weighted by Crippen LogP contribution is -2.32. The third-order valence-electron chi connectivity index (χ3n) is 2.84. The maximum Gasteiger partial charge on any atom is 0.126 e. The van der Waals surface area contributed by atoms with E-state index < -0.39 is 17.7 Å². The zero-order valence-electron chi connectivity index (χ0n) is 10.4. The molecule has 0 aliphatic heterocycles. The molecule has 2 nitrogen and oxygen atoms in total. The number of rotatable bonds is 5. The Morgan fingerprint density at radius 2 is 1.95 bits per heavy atom. The molecule has 1 aromatic heterocycles. The molecular weight excluding hydrogens is 268 g/mol. The summed E-state index contributed by atoms with van der Waals surface area (Å²) in [7, 11) is 0. The lowest BCUT2D eigenvalue weighted by molar-refractivity contribution is 0.158. The molecule has 102 valence electrons. The highest BCUT2D eigenvalue weighted by atomic mass is 32.1. The molecule has 0 aliphatic carbocycles. The summed E-state index contributed by atoms with van der Waals surface area (Å²) in [6.07, 6.45) is -0.517. The first-order chi connectivity index (χ1) is 9.04. The van der Waals surface area contributed by atoms with Crippen LogP contribution in [0.2, 0.25) is 0 Å². The molecule has 1 aromatic carbocycles. The molecule has 0 saturated carbocycles. The van der Waals surface area contributed by atoms with Crippen molar-refractivity contribution in [2.75, 3.05) is 5.32 Å². The molecule has 0 aliphatic rings. The lowest BCUT2D eigenvalue weighted by atomic mass is 10.0. The lowest BCUT2D eigenvalue weighted by Gasteiger charge is -2.20. The number of aliphatic hydroxyl groups is 1. The topological polar surface area (TPSA) is 32.3 Å². The zero-order valence-corrected chi connectivity index (χ0v) is 11.3. The van der Waals surface area contributed by atoms with E-state index in [1.807, 2.05) is 24.4 Å². The van der Waals surface area contributed by atoms with Crippen LogP contribution in [0.15, 0.2) is 35.7 Å². The number of nitrogens with one attached hydrogen (secondary N) is 1. The van der Waals surface area contributed by atoms with Gasteiger partial charge in [-0.15, -0.1) is 11.3 Å². The molecule has 19 heavy (non-hydrogen) atoms. The van der Waals surface area contributed by atoms with Gasteiger partial charge in [-0.05, 0) is 42.1 Å². The Morgan fingerprint density at radius 3 is 2.53 bits per heavy atom. The van der Waals surface area contributed by atoms with Crippen LogP contribution in [0.1, 0.15) is 12.5 Å². The van der Waals surface area contributed by atoms with Crippen molar-refractivity contribution in [3.8, 4) is 0 Å². The van der Waals surface area contributed by atoms with Crippen LogP contribution in [0.25, 0.3) is 0 Å². The van der Waals surface area contributed by atoms with Crippen LogP contribution in [-0.4, -0.2) is 17.3 Å². The van der Waals surface area contributed by atoms with E-state index in [0.29, 0.717) is 5.56 Å². The van der Waals surface area contributed by atoms with Crippen molar-refractivity contribution in [1.82, 2.24) is 0 Å². The second-order valence-electron chi connectivity index (χ2n) is 4.46. The smallest absolute Gasteiger partial charge is 0.126 e. The number of hydrogen-bond acceptors (Lipinski definition) is 3. The number of aliphatic hydroxyl groups excluding tert-OH is 1. The average molecular weight is 283 g/mol. The first kappa shape index (κ1) is 14.0. The van der Waals surface area contributed by atoms with E-state index in [2.05, 4.69) is 5.32 Å². The summed E-state index contributed by atoms with van der Waals surface area (Å²) in [6.45, 7) is 1.83. The van der Waals surface area contributed by atoms with Crippen LogP contribution in [-0.2, 0) is 6.42 Å². The standard InChI is InChI=1S/C14H15F2NOS/c1-9(17-14-3-2-4-19-14)13(18)7-10-5-11(15)8-12(16)6-10/h2-6,8-9,13,17-18H,7H2,1H3. The third kappa shape index (κ3) is 4.01. The van der Waals surface area contributed by atoms with Gasteiger partial charge in [-0.2, -0.15) is 0 Å². The van der Waals surface area contributed by atoms with Crippen molar-refractivity contribution in [2.24, 2.45) is 0 Å². The first-order valence-corrected chi connectivity index (χ1v) is 6.85. The minimum atomic E-state index is -0.719. The van der Waals surface area contributed by atoms with E-state index in [-0.39, 0.29) is 12.5 Å². The molecule has 2 rings (SSSR count). The van der Waals surface area contributed by atoms with E-state index in [0.717, 1.165) is 11.1 Å². The van der Waals surface area contributed by atoms with Crippen molar-refractivity contribution in [2.45, 2.75) is 25.5 Å². The van der Waals surface area contributed by atoms with Gasteiger partial charge in [0, 0.05) is 12.5 Å². The van der Waals surface area contributed by atoms with Gasteiger partial charge in [0.1, 0.15) is 11.6 Å². The fraction of sp³-hybridized carbons (Fsp3) is 0.286. The summed E-state index contributed by atoms with van der Waals surface area (Å²) < 4.78 is 26.1. The van der Waals surface area contributed by atoms with Crippen molar-refractivity contribution in [3.63, 3.8) is 0 Å². The van der Waals surface area contributed by atoms with Gasteiger partial charge in [-0.25, -0.2) is 8.78 Å². The highest BCUT2D eigenvalue weighted by Crippen LogP contribution is 2.18. The molecule has 0 bridgehead atoms. The third-order valence-corrected chi connectivity index (χ3v) is 3.64. The molecule has 2 atom stereocenters. The summed E-state index contributed by atoms with van der Waals surface area (Å²) in [6, 6.07) is 6.92. The van der Waals surface area contributed by atoms with Gasteiger partial charge in [0.15, 0.2) is 0 Å². The Bertz CT molecular complexity index is 510. The SMILES string of the molecule is CC(Nc1cccs1)C(O)Cc1cc(F)cc(F)c1. The molecule has 2 aromatic rings. The minimum absolute atomic E-state index is 0.203. The van der Waals surface area contributed by atoms with E-state index >= 15 is 0 Å². The van der Waals surface area contributed by atoms with Crippen molar-refractivity contribution in [3.05, 3.63) is 52.9 Å². The molecule has 5 heteroatoms. The number of halogens is 2. The zero-order chi connectivity index (χ0) is 13.8. The number of hydrogen-bond donors (Lipinski definition) is 2. The molecular formula is C14H15F2NOS. The van der Waals surface area contributed by atoms with E-state index in [1.54, 1.807) is 0 Å². The summed E-state index contributed by atoms with van der Waals surface area (Å²) in [5, 5.41) is 16.1. The van der Waals surface area contributed by atoms with E-state index in [4.69, 9.17) is 0 Å². The first-order valence-electron chi connectivity index (χ1n) is 5.97. The Balaban J connectivity index is 1.97. The van der Waals surface area contributed by atoms with Gasteiger partial charge in [-0.1, -0.05) is 0 Å². The molecule has 0 radical (unpaired) electrons. The van der Waals surface area contributed by atoms with E-state index in [9.17, 15) is 13.9 Å². The summed E-state index contributed by atoms with van der Waals surface area (Å²) >= 11 is 1.54. The fourth-order valence-electron chi connectivity index (χ4n) is 1.83. The van der Waals surface area contributed by atoms with Gasteiger partial charge in [0.2, 0.25) is 0 Å². The van der Waals surface area contributed by atoms with E-state index in [1.165, 1.54) is 23.5 Å². The second-order valence-corrected chi connectivity index (χ2v) is 5.41. The molecule has 1 heterocycles. The van der Waals surface area contributed by atoms with Gasteiger partial charge >= 0.3 is 0 Å². The summed E-state index contributed by atoms with van der Waals surface area (Å²) in [5.41, 5.74) is 0.449. The predicted molar refractivity (Wildman–Crippen MR) is 73.5 cm³/mol. The molecule has 0 saturated heterocycles. The predicted octanol–water partition coefficient (Wildman–Crippen LogP) is 3.43. The van der Waals surface area contributed by atoms with Crippen LogP contribution in [0, 0.1) is 11.6 Å². The van der Waals surface area contributed by atoms with Crippen molar-refractivity contribution in [1.29, 1.82) is 0 Å². The van der Waals surface area contributed by atoms with Crippen molar-refractivity contribution < 1.29 is 13.9 Å². The molecule has 2 N–H and O–H groups in total. The molecule has 0 spiro atoms. The number of benzene rings is 1. The van der Waals surface area contributed by atoms with Crippen molar-refractivity contribution >= 4 is 16.3 Å². The van der Waals surface area contributed by atoms with Crippen LogP contribution in [0.4, 0.5) is 13.8 Å². The Kier molecular flexibility index (Phi) is 4.50. The van der Waals surface area contributed by atoms with Crippen LogP contribution >= 0.6 is 11.3 Å². The van der Waals surface area contributed by atoms with Gasteiger partial charge < -0.3 is 10.4 Å². The quantitative estimate of drug-likeness (QED) is 0.881. The molecule has 2 unspecified atom stereocenters. The normalized spacial score (nSPS) is 14.1. The molecule has 0 fully saturated rings. The second kappa shape index (κ2) is 6.12. The highest BCUT2D eigenvalue weighted by Gasteiger charge is 2.16. The Hall–Kier alpha value is -1.46. The van der Waals surface area contributed by atoms with Crippen LogP contribution in [0.3, 0.4) is 0 Å². The van der Waals surface area contributed by atoms with Gasteiger partial charge in [-0.3, -0.25) is 0 Å². The monoisotopic (exact) mass is 283 g/mol. The Morgan fingerprint density at radius 1 is 1.26 bits per heavy atom. The van der Waals surface area contributed by atoms with Crippen LogP contribution in [0.5, 0.6) is 0 Å². The number of thiophene rings is 1. The number of anilines is 1. The maximum atomic E-state index is 13.0.